The van der Waals surface area contributed by atoms with Gasteiger partial charge in [-0.1, -0.05) is 12.1 Å². The Morgan fingerprint density at radius 3 is 2.46 bits per heavy atom. The zero-order chi connectivity index (χ0) is 29.6. The minimum Gasteiger partial charge on any atom is -0.494 e. The van der Waals surface area contributed by atoms with Crippen molar-refractivity contribution in [3.05, 3.63) is 47.5 Å². The van der Waals surface area contributed by atoms with Crippen LogP contribution in [-0.4, -0.2) is 45.0 Å². The van der Waals surface area contributed by atoms with E-state index in [1.807, 2.05) is 59.2 Å². The third-order valence-corrected chi connectivity index (χ3v) is 7.26. The summed E-state index contributed by atoms with van der Waals surface area (Å²) in [5.74, 6) is 1.56. The molecule has 1 fully saturated rings. The lowest BCUT2D eigenvalue weighted by Crippen LogP contribution is -2.34. The van der Waals surface area contributed by atoms with Gasteiger partial charge < -0.3 is 28.7 Å². The molecule has 1 amide bonds. The molecule has 0 bridgehead atoms. The average molecular weight is 561 g/mol. The van der Waals surface area contributed by atoms with Gasteiger partial charge in [-0.3, -0.25) is 0 Å². The molecule has 9 heteroatoms. The lowest BCUT2D eigenvalue weighted by molar-refractivity contribution is 0.0376. The largest absolute Gasteiger partial charge is 0.494 e. The van der Waals surface area contributed by atoms with E-state index in [1.54, 1.807) is 19.2 Å². The molecule has 1 saturated carbocycles. The van der Waals surface area contributed by atoms with Crippen molar-refractivity contribution in [3.8, 4) is 17.3 Å². The van der Waals surface area contributed by atoms with E-state index in [0.29, 0.717) is 22.7 Å². The Morgan fingerprint density at radius 2 is 1.83 bits per heavy atom. The Hall–Kier alpha value is -4.01. The normalized spacial score (nSPS) is 14.5. The van der Waals surface area contributed by atoms with E-state index in [-0.39, 0.29) is 12.1 Å². The molecule has 1 N–H and O–H groups in total. The number of aryl methyl sites for hydroxylation is 1. The number of ether oxygens (including phenoxy) is 3. The number of fused-ring (bicyclic) bond motifs is 2. The van der Waals surface area contributed by atoms with Gasteiger partial charge in [0.05, 0.1) is 36.0 Å². The van der Waals surface area contributed by atoms with Crippen molar-refractivity contribution in [3.63, 3.8) is 0 Å². The third-order valence-electron chi connectivity index (χ3n) is 7.26. The van der Waals surface area contributed by atoms with E-state index in [1.165, 1.54) is 12.8 Å². The fourth-order valence-electron chi connectivity index (χ4n) is 5.14. The summed E-state index contributed by atoms with van der Waals surface area (Å²) in [5, 5.41) is 4.05. The lowest BCUT2D eigenvalue weighted by Gasteiger charge is -2.22. The second kappa shape index (κ2) is 10.8. The van der Waals surface area contributed by atoms with Crippen molar-refractivity contribution < 1.29 is 23.8 Å². The monoisotopic (exact) mass is 560 g/mol. The van der Waals surface area contributed by atoms with Gasteiger partial charge in [-0.25, -0.2) is 14.6 Å². The van der Waals surface area contributed by atoms with E-state index in [9.17, 15) is 9.59 Å². The Morgan fingerprint density at radius 1 is 1.10 bits per heavy atom. The summed E-state index contributed by atoms with van der Waals surface area (Å²) in [6.45, 7) is 12.0. The summed E-state index contributed by atoms with van der Waals surface area (Å²) in [6.07, 6.45) is 1.73. The predicted octanol–water partition coefficient (Wildman–Crippen LogP) is 6.76. The topological polar surface area (TPSA) is 96.6 Å². The van der Waals surface area contributed by atoms with Crippen LogP contribution in [0.3, 0.4) is 0 Å². The van der Waals surface area contributed by atoms with E-state index in [4.69, 9.17) is 19.2 Å². The minimum absolute atomic E-state index is 0.228. The molecule has 2 heterocycles. The van der Waals surface area contributed by atoms with Crippen LogP contribution in [0.25, 0.3) is 33.5 Å². The first-order valence-corrected chi connectivity index (χ1v) is 14.2. The summed E-state index contributed by atoms with van der Waals surface area (Å²) in [7, 11) is 3.56. The SMILES string of the molecule is COc1cc(C(=O)OC(C)C)cc2nc(-c3cc4ccc([C@@H](C)NC(=O)OC(C)(C)C)cc4n3CC3CC3)n(C)c12. The summed E-state index contributed by atoms with van der Waals surface area (Å²) in [6, 6.07) is 11.7. The van der Waals surface area contributed by atoms with Crippen LogP contribution in [0.15, 0.2) is 36.4 Å². The van der Waals surface area contributed by atoms with Gasteiger partial charge in [0.15, 0.2) is 5.82 Å². The number of benzene rings is 2. The van der Waals surface area contributed by atoms with Gasteiger partial charge in [0, 0.05) is 24.5 Å². The number of hydrogen-bond donors (Lipinski definition) is 1. The number of aromatic nitrogens is 3. The van der Waals surface area contributed by atoms with E-state index in [2.05, 4.69) is 28.1 Å². The molecule has 9 nitrogen and oxygen atoms in total. The zero-order valence-corrected chi connectivity index (χ0v) is 25.2. The molecule has 1 atom stereocenters. The lowest BCUT2D eigenvalue weighted by atomic mass is 10.1. The second-order valence-electron chi connectivity index (χ2n) is 12.3. The standard InChI is InChI=1S/C32H40N4O5/c1-18(2)40-30(37)23-13-24-28(27(16-23)39-8)35(7)29(34-24)26-15-22-12-11-21(14-25(22)36(26)17-20-9-10-20)19(3)33-31(38)41-32(4,5)6/h11-16,18-20H,9-10,17H2,1-8H3,(H,33,38)/t19-/m1/s1. The van der Waals surface area contributed by atoms with Crippen molar-refractivity contribution in [2.24, 2.45) is 13.0 Å². The van der Waals surface area contributed by atoms with Gasteiger partial charge in [-0.2, -0.15) is 0 Å². The van der Waals surface area contributed by atoms with Crippen molar-refractivity contribution in [1.29, 1.82) is 0 Å². The van der Waals surface area contributed by atoms with Gasteiger partial charge in [0.2, 0.25) is 0 Å². The van der Waals surface area contributed by atoms with Crippen molar-refractivity contribution >= 4 is 34.0 Å². The van der Waals surface area contributed by atoms with Gasteiger partial charge >= 0.3 is 12.1 Å². The highest BCUT2D eigenvalue weighted by molar-refractivity contribution is 5.97. The number of hydrogen-bond acceptors (Lipinski definition) is 6. The Bertz CT molecular complexity index is 1620. The average Bonchev–Trinajstić information content (AvgIpc) is 3.55. The molecule has 218 valence electrons. The van der Waals surface area contributed by atoms with Crippen LogP contribution >= 0.6 is 0 Å². The molecule has 0 unspecified atom stereocenters. The van der Waals surface area contributed by atoms with Crippen LogP contribution in [0.4, 0.5) is 4.79 Å². The Balaban J connectivity index is 1.58. The number of imidazole rings is 1. The number of carbonyl (C=O) groups excluding carboxylic acids is 2. The van der Waals surface area contributed by atoms with Crippen LogP contribution in [0.1, 0.15) is 76.3 Å². The molecule has 0 spiro atoms. The van der Waals surface area contributed by atoms with Crippen molar-refractivity contribution in [2.45, 2.75) is 78.7 Å². The maximum absolute atomic E-state index is 12.7. The van der Waals surface area contributed by atoms with Crippen LogP contribution in [0, 0.1) is 5.92 Å². The fourth-order valence-corrected chi connectivity index (χ4v) is 5.14. The molecule has 2 aromatic heterocycles. The van der Waals surface area contributed by atoms with E-state index in [0.717, 1.165) is 40.0 Å². The number of alkyl carbamates (subject to hydrolysis) is 1. The highest BCUT2D eigenvalue weighted by Crippen LogP contribution is 2.38. The molecule has 2 aromatic carbocycles. The number of esters is 1. The van der Waals surface area contributed by atoms with Gasteiger partial charge in [-0.05, 0) is 90.1 Å². The summed E-state index contributed by atoms with van der Waals surface area (Å²) < 4.78 is 20.9. The Labute approximate surface area is 240 Å². The molecule has 4 aromatic rings. The quantitative estimate of drug-likeness (QED) is 0.239. The van der Waals surface area contributed by atoms with Crippen LogP contribution < -0.4 is 10.1 Å². The van der Waals surface area contributed by atoms with E-state index >= 15 is 0 Å². The second-order valence-corrected chi connectivity index (χ2v) is 12.3. The summed E-state index contributed by atoms with van der Waals surface area (Å²) in [4.78, 5) is 30.1. The Kier molecular flexibility index (Phi) is 7.48. The molecule has 1 aliphatic carbocycles. The maximum atomic E-state index is 12.7. The molecular formula is C32H40N4O5. The molecule has 0 aliphatic heterocycles. The van der Waals surface area contributed by atoms with Crippen LogP contribution in [0.2, 0.25) is 0 Å². The zero-order valence-electron chi connectivity index (χ0n) is 25.2. The smallest absolute Gasteiger partial charge is 0.408 e. The summed E-state index contributed by atoms with van der Waals surface area (Å²) in [5.41, 5.74) is 4.38. The number of rotatable bonds is 8. The third kappa shape index (κ3) is 6.04. The molecule has 1 aliphatic rings. The number of nitrogens with one attached hydrogen (secondary N) is 1. The molecule has 0 radical (unpaired) electrons. The first kappa shape index (κ1) is 28.5. The molecule has 5 rings (SSSR count). The first-order chi connectivity index (χ1) is 19.3. The van der Waals surface area contributed by atoms with Gasteiger partial charge in [0.25, 0.3) is 0 Å². The highest BCUT2D eigenvalue weighted by atomic mass is 16.6. The predicted molar refractivity (Wildman–Crippen MR) is 159 cm³/mol. The van der Waals surface area contributed by atoms with Gasteiger partial charge in [-0.15, -0.1) is 0 Å². The van der Waals surface area contributed by atoms with Gasteiger partial charge in [0.1, 0.15) is 16.9 Å². The number of amides is 1. The fraction of sp³-hybridized carbons (Fsp3) is 0.469. The van der Waals surface area contributed by atoms with Crippen molar-refractivity contribution in [2.75, 3.05) is 7.11 Å². The summed E-state index contributed by atoms with van der Waals surface area (Å²) >= 11 is 0. The van der Waals surface area contributed by atoms with Crippen LogP contribution in [-0.2, 0) is 23.1 Å². The highest BCUT2D eigenvalue weighted by Gasteiger charge is 2.27. The number of nitrogens with zero attached hydrogens (tertiary/aromatic N) is 3. The van der Waals surface area contributed by atoms with Crippen LogP contribution in [0.5, 0.6) is 5.75 Å². The number of methoxy groups -OCH3 is 1. The first-order valence-electron chi connectivity index (χ1n) is 14.2. The molecule has 41 heavy (non-hydrogen) atoms. The molecule has 0 saturated heterocycles. The van der Waals surface area contributed by atoms with E-state index < -0.39 is 17.7 Å². The minimum atomic E-state index is -0.564. The number of carbonyl (C=O) groups is 2. The van der Waals surface area contributed by atoms with Crippen molar-refractivity contribution in [1.82, 2.24) is 19.4 Å². The molecular weight excluding hydrogens is 520 g/mol. The maximum Gasteiger partial charge on any atom is 0.408 e.